The highest BCUT2D eigenvalue weighted by molar-refractivity contribution is 6.33. The largest absolute Gasteiger partial charge is 0.328 e. The topological polar surface area (TPSA) is 62.3 Å². The van der Waals surface area contributed by atoms with E-state index >= 15 is 0 Å². The second kappa shape index (κ2) is 4.63. The predicted molar refractivity (Wildman–Crippen MR) is 79.5 cm³/mol. The smallest absolute Gasteiger partial charge is 0.292 e. The highest BCUT2D eigenvalue weighted by Crippen LogP contribution is 2.24. The molecule has 1 aromatic carbocycles. The Morgan fingerprint density at radius 1 is 1.35 bits per heavy atom. The molecule has 5 nitrogen and oxygen atoms in total. The number of nitrogens with zero attached hydrogens (tertiary/aromatic N) is 2. The second-order valence-corrected chi connectivity index (χ2v) is 4.80. The Kier molecular flexibility index (Phi) is 2.93. The molecule has 0 saturated carbocycles. The minimum Gasteiger partial charge on any atom is -0.292 e. The zero-order valence-corrected chi connectivity index (χ0v) is 11.0. The SMILES string of the molecule is [B]c1ccc2nc(C)c(N3CCC(=O)NC3=O)cc2c1.[HH]. The maximum atomic E-state index is 11.9. The summed E-state index contributed by atoms with van der Waals surface area (Å²) in [6.45, 7) is 2.20. The van der Waals surface area contributed by atoms with E-state index in [1.807, 2.05) is 25.1 Å². The summed E-state index contributed by atoms with van der Waals surface area (Å²) < 4.78 is 0. The molecule has 2 aromatic rings. The van der Waals surface area contributed by atoms with Gasteiger partial charge in [-0.1, -0.05) is 17.6 Å². The summed E-state index contributed by atoms with van der Waals surface area (Å²) in [5, 5.41) is 3.18. The van der Waals surface area contributed by atoms with Crippen molar-refractivity contribution in [2.75, 3.05) is 11.4 Å². The number of aryl methyl sites for hydroxylation is 1. The van der Waals surface area contributed by atoms with Gasteiger partial charge in [0.2, 0.25) is 5.91 Å². The van der Waals surface area contributed by atoms with Gasteiger partial charge in [-0.25, -0.2) is 4.79 Å². The number of aromatic nitrogens is 1. The number of benzene rings is 1. The highest BCUT2D eigenvalue weighted by Gasteiger charge is 2.25. The number of anilines is 1. The summed E-state index contributed by atoms with van der Waals surface area (Å²) >= 11 is 0. The van der Waals surface area contributed by atoms with Gasteiger partial charge in [0.1, 0.15) is 7.85 Å². The van der Waals surface area contributed by atoms with Crippen molar-refractivity contribution in [2.45, 2.75) is 13.3 Å². The molecule has 6 heteroatoms. The molecule has 2 heterocycles. The predicted octanol–water partition coefficient (Wildman–Crippen LogP) is 1.03. The molecule has 0 atom stereocenters. The van der Waals surface area contributed by atoms with E-state index < -0.39 is 6.03 Å². The van der Waals surface area contributed by atoms with E-state index in [2.05, 4.69) is 10.3 Å². The van der Waals surface area contributed by atoms with Crippen LogP contribution in [0.4, 0.5) is 10.5 Å². The van der Waals surface area contributed by atoms with Crippen molar-refractivity contribution in [3.8, 4) is 0 Å². The molecule has 1 N–H and O–H groups in total. The molecule has 0 bridgehead atoms. The number of fused-ring (bicyclic) bond motifs is 1. The van der Waals surface area contributed by atoms with Crippen LogP contribution >= 0.6 is 0 Å². The third-order valence-corrected chi connectivity index (χ3v) is 3.35. The van der Waals surface area contributed by atoms with Crippen LogP contribution in [-0.2, 0) is 4.79 Å². The number of urea groups is 1. The van der Waals surface area contributed by atoms with Crippen molar-refractivity contribution in [2.24, 2.45) is 0 Å². The van der Waals surface area contributed by atoms with Crippen molar-refractivity contribution >= 4 is 41.8 Å². The number of amides is 3. The minimum absolute atomic E-state index is 0. The molecule has 3 rings (SSSR count). The molecule has 20 heavy (non-hydrogen) atoms. The maximum Gasteiger partial charge on any atom is 0.328 e. The number of carbonyl (C=O) groups excluding carboxylic acids is 2. The Morgan fingerprint density at radius 3 is 2.90 bits per heavy atom. The Hall–Kier alpha value is -2.37. The van der Waals surface area contributed by atoms with Gasteiger partial charge in [0.25, 0.3) is 0 Å². The van der Waals surface area contributed by atoms with Gasteiger partial charge in [0.05, 0.1) is 16.9 Å². The molecule has 3 amide bonds. The van der Waals surface area contributed by atoms with Gasteiger partial charge < -0.3 is 0 Å². The minimum atomic E-state index is -0.408. The maximum absolute atomic E-state index is 11.9. The van der Waals surface area contributed by atoms with Gasteiger partial charge in [-0.3, -0.25) is 20.0 Å². The first kappa shape index (κ1) is 12.7. The Balaban J connectivity index is 0.00000161. The van der Waals surface area contributed by atoms with E-state index in [0.29, 0.717) is 24.1 Å². The molecule has 1 fully saturated rings. The lowest BCUT2D eigenvalue weighted by Gasteiger charge is -2.27. The number of hydrogen-bond acceptors (Lipinski definition) is 3. The summed E-state index contributed by atoms with van der Waals surface area (Å²) in [5.74, 6) is -0.248. The van der Waals surface area contributed by atoms with Gasteiger partial charge in [-0.15, -0.1) is 0 Å². The lowest BCUT2D eigenvalue weighted by molar-refractivity contribution is -0.120. The van der Waals surface area contributed by atoms with Crippen LogP contribution in [0.1, 0.15) is 13.5 Å². The number of imide groups is 1. The standard InChI is InChI=1S/C14H12BN3O2.H2/c1-8-12(18-5-4-13(19)17-14(18)20)7-9-6-10(15)2-3-11(9)16-8;/h2-3,6-7H,4-5H2,1H3,(H,17,19,20);1H. The molecular weight excluding hydrogens is 253 g/mol. The van der Waals surface area contributed by atoms with Crippen molar-refractivity contribution < 1.29 is 11.0 Å². The molecule has 0 unspecified atom stereocenters. The summed E-state index contributed by atoms with van der Waals surface area (Å²) in [4.78, 5) is 29.1. The van der Waals surface area contributed by atoms with E-state index in [1.165, 1.54) is 4.90 Å². The molecule has 1 aromatic heterocycles. The molecular formula is C14H14BN3O2. The summed E-state index contributed by atoms with van der Waals surface area (Å²) in [7, 11) is 5.77. The molecule has 1 aliphatic rings. The average Bonchev–Trinajstić information content (AvgIpc) is 2.39. The fraction of sp³-hybridized carbons (Fsp3) is 0.214. The molecule has 0 aliphatic carbocycles. The van der Waals surface area contributed by atoms with Crippen molar-refractivity contribution in [3.05, 3.63) is 30.0 Å². The van der Waals surface area contributed by atoms with Gasteiger partial charge in [-0.05, 0) is 19.1 Å². The first-order valence-corrected chi connectivity index (χ1v) is 6.33. The van der Waals surface area contributed by atoms with E-state index in [9.17, 15) is 9.59 Å². The molecule has 1 saturated heterocycles. The lowest BCUT2D eigenvalue weighted by Crippen LogP contribution is -2.49. The molecule has 100 valence electrons. The van der Waals surface area contributed by atoms with Crippen LogP contribution in [0.5, 0.6) is 0 Å². The summed E-state index contributed by atoms with van der Waals surface area (Å²) in [6, 6.07) is 6.93. The van der Waals surface area contributed by atoms with Crippen LogP contribution in [0.3, 0.4) is 0 Å². The van der Waals surface area contributed by atoms with Gasteiger partial charge >= 0.3 is 6.03 Å². The first-order valence-electron chi connectivity index (χ1n) is 6.33. The van der Waals surface area contributed by atoms with Crippen LogP contribution < -0.4 is 15.7 Å². The molecule has 2 radical (unpaired) electrons. The Morgan fingerprint density at radius 2 is 2.15 bits per heavy atom. The van der Waals surface area contributed by atoms with Crippen LogP contribution in [0, 0.1) is 6.92 Å². The Bertz CT molecular complexity index is 735. The fourth-order valence-corrected chi connectivity index (χ4v) is 2.35. The average molecular weight is 267 g/mol. The van der Waals surface area contributed by atoms with Crippen LogP contribution in [0.2, 0.25) is 0 Å². The summed E-state index contributed by atoms with van der Waals surface area (Å²) in [6.07, 6.45) is 0.292. The first-order chi connectivity index (χ1) is 9.54. The van der Waals surface area contributed by atoms with E-state index in [0.717, 1.165) is 16.6 Å². The van der Waals surface area contributed by atoms with Crippen LogP contribution in [-0.4, -0.2) is 31.3 Å². The van der Waals surface area contributed by atoms with E-state index in [4.69, 9.17) is 7.85 Å². The normalized spacial score (nSPS) is 15.6. The second-order valence-electron chi connectivity index (χ2n) is 4.80. The number of rotatable bonds is 1. The number of hydrogen-bond donors (Lipinski definition) is 1. The summed E-state index contributed by atoms with van der Waals surface area (Å²) in [5.41, 5.74) is 2.92. The van der Waals surface area contributed by atoms with Crippen LogP contribution in [0.15, 0.2) is 24.3 Å². The van der Waals surface area contributed by atoms with E-state index in [1.54, 1.807) is 6.07 Å². The third-order valence-electron chi connectivity index (χ3n) is 3.35. The quantitative estimate of drug-likeness (QED) is 0.785. The number of carbonyl (C=O) groups is 2. The van der Waals surface area contributed by atoms with E-state index in [-0.39, 0.29) is 7.33 Å². The number of pyridine rings is 1. The third kappa shape index (κ3) is 2.13. The van der Waals surface area contributed by atoms with Gasteiger partial charge in [0.15, 0.2) is 0 Å². The monoisotopic (exact) mass is 267 g/mol. The fourth-order valence-electron chi connectivity index (χ4n) is 2.35. The van der Waals surface area contributed by atoms with Crippen molar-refractivity contribution in [3.63, 3.8) is 0 Å². The molecule has 0 spiro atoms. The Labute approximate surface area is 118 Å². The number of nitrogens with one attached hydrogen (secondary N) is 1. The van der Waals surface area contributed by atoms with Crippen molar-refractivity contribution in [1.29, 1.82) is 0 Å². The van der Waals surface area contributed by atoms with Crippen molar-refractivity contribution in [1.82, 2.24) is 10.3 Å². The molecule has 1 aliphatic heterocycles. The zero-order chi connectivity index (χ0) is 14.3. The zero-order valence-electron chi connectivity index (χ0n) is 11.0. The van der Waals surface area contributed by atoms with Crippen LogP contribution in [0.25, 0.3) is 10.9 Å². The van der Waals surface area contributed by atoms with Gasteiger partial charge in [-0.2, -0.15) is 0 Å². The van der Waals surface area contributed by atoms with Gasteiger partial charge in [0, 0.05) is 19.8 Å². The lowest BCUT2D eigenvalue weighted by atomic mass is 9.94. The highest BCUT2D eigenvalue weighted by atomic mass is 16.2.